The quantitative estimate of drug-likeness (QED) is 0.579. The van der Waals surface area contributed by atoms with Crippen molar-refractivity contribution in [3.05, 3.63) is 34.5 Å². The molecule has 6 rings (SSSR count). The summed E-state index contributed by atoms with van der Waals surface area (Å²) in [5.41, 5.74) is 7.54. The second kappa shape index (κ2) is 6.17. The molecule has 1 aromatic carbocycles. The zero-order valence-corrected chi connectivity index (χ0v) is 18.1. The van der Waals surface area contributed by atoms with Crippen molar-refractivity contribution in [2.45, 2.75) is 75.2 Å². The molecule has 7 heteroatoms. The molecule has 1 aromatic rings. The number of nitrogens with one attached hydrogen (secondary N) is 1. The number of carbonyl (C=O) groups is 1. The SMILES string of the molecule is CC(C)NC(=O)C1=C(N)[C@@H]2Oc3c(O)ccc4c3[C@@]23CCN(CC2CC2)[C@H](C4)[C@]3(O)C1. The summed E-state index contributed by atoms with van der Waals surface area (Å²) in [6, 6.07) is 3.51. The number of rotatable bonds is 4. The molecule has 1 saturated heterocycles. The minimum absolute atomic E-state index is 0.0344. The highest BCUT2D eigenvalue weighted by Crippen LogP contribution is 2.65. The Bertz CT molecular complexity index is 1020. The second-order valence-corrected chi connectivity index (χ2v) is 10.5. The number of benzene rings is 1. The lowest BCUT2D eigenvalue weighted by Crippen LogP contribution is -2.76. The standard InChI is InChI=1S/C24H31N3O4/c1-12(2)26-22(29)15-10-24(30)17-9-14-5-6-16(28)20-18(14)23(24,21(31-20)19(15)25)7-8-27(17)11-13-3-4-13/h5-6,12-13,17,21,28,30H,3-4,7-11,25H2,1-2H3,(H,26,29)/t17-,21+,23+,24-/m1/s1. The Morgan fingerprint density at radius 1 is 1.39 bits per heavy atom. The minimum Gasteiger partial charge on any atom is -0.504 e. The number of ether oxygens (including phenoxy) is 1. The molecular formula is C24H31N3O4. The maximum absolute atomic E-state index is 13.1. The molecule has 5 N–H and O–H groups in total. The lowest BCUT2D eigenvalue weighted by atomic mass is 9.49. The van der Waals surface area contributed by atoms with Gasteiger partial charge in [0, 0.05) is 36.2 Å². The van der Waals surface area contributed by atoms with Crippen LogP contribution in [-0.2, 0) is 16.6 Å². The van der Waals surface area contributed by atoms with Gasteiger partial charge in [0.15, 0.2) is 17.6 Å². The first kappa shape index (κ1) is 19.4. The number of phenols is 1. The van der Waals surface area contributed by atoms with Crippen LogP contribution in [0.15, 0.2) is 23.4 Å². The fourth-order valence-corrected chi connectivity index (χ4v) is 6.78. The molecule has 2 aliphatic heterocycles. The van der Waals surface area contributed by atoms with Gasteiger partial charge in [-0.1, -0.05) is 6.07 Å². The molecule has 2 heterocycles. The molecule has 0 aromatic heterocycles. The van der Waals surface area contributed by atoms with Gasteiger partial charge in [-0.05, 0) is 63.6 Å². The number of hydrogen-bond acceptors (Lipinski definition) is 6. The third-order valence-corrected chi connectivity index (χ3v) is 8.28. The Kier molecular flexibility index (Phi) is 3.87. The van der Waals surface area contributed by atoms with Crippen LogP contribution in [0, 0.1) is 5.92 Å². The third-order valence-electron chi connectivity index (χ3n) is 8.28. The Morgan fingerprint density at radius 3 is 2.87 bits per heavy atom. The van der Waals surface area contributed by atoms with Crippen molar-refractivity contribution in [1.82, 2.24) is 10.2 Å². The molecular weight excluding hydrogens is 394 g/mol. The van der Waals surface area contributed by atoms with Crippen molar-refractivity contribution in [3.8, 4) is 11.5 Å². The fraction of sp³-hybridized carbons (Fsp3) is 0.625. The molecule has 1 saturated carbocycles. The highest BCUT2D eigenvalue weighted by Gasteiger charge is 2.73. The lowest BCUT2D eigenvalue weighted by molar-refractivity contribution is -0.167. The van der Waals surface area contributed by atoms with E-state index in [2.05, 4.69) is 10.2 Å². The van der Waals surface area contributed by atoms with Crippen molar-refractivity contribution in [1.29, 1.82) is 0 Å². The van der Waals surface area contributed by atoms with Gasteiger partial charge >= 0.3 is 0 Å². The van der Waals surface area contributed by atoms with Crippen LogP contribution in [0.1, 0.15) is 50.7 Å². The maximum Gasteiger partial charge on any atom is 0.249 e. The molecule has 7 nitrogen and oxygen atoms in total. The summed E-state index contributed by atoms with van der Waals surface area (Å²) in [5.74, 6) is 0.975. The Balaban J connectivity index is 1.54. The lowest BCUT2D eigenvalue weighted by Gasteiger charge is -2.63. The maximum atomic E-state index is 13.1. The number of amides is 1. The summed E-state index contributed by atoms with van der Waals surface area (Å²) in [7, 11) is 0. The zero-order chi connectivity index (χ0) is 21.7. The van der Waals surface area contributed by atoms with Crippen LogP contribution in [-0.4, -0.2) is 57.9 Å². The Hall–Kier alpha value is -2.25. The van der Waals surface area contributed by atoms with E-state index in [4.69, 9.17) is 10.5 Å². The van der Waals surface area contributed by atoms with E-state index in [0.29, 0.717) is 35.8 Å². The normalized spacial score (nSPS) is 35.7. The van der Waals surface area contributed by atoms with E-state index in [9.17, 15) is 15.0 Å². The molecule has 5 aliphatic rings. The summed E-state index contributed by atoms with van der Waals surface area (Å²) >= 11 is 0. The van der Waals surface area contributed by atoms with Crippen LogP contribution in [0.5, 0.6) is 11.5 Å². The molecule has 1 spiro atoms. The van der Waals surface area contributed by atoms with Gasteiger partial charge in [0.05, 0.1) is 16.7 Å². The van der Waals surface area contributed by atoms with Gasteiger partial charge < -0.3 is 26.0 Å². The van der Waals surface area contributed by atoms with Gasteiger partial charge in [0.25, 0.3) is 0 Å². The number of aromatic hydroxyl groups is 1. The molecule has 0 radical (unpaired) electrons. The van der Waals surface area contributed by atoms with Crippen molar-refractivity contribution < 1.29 is 19.7 Å². The molecule has 0 unspecified atom stereocenters. The minimum atomic E-state index is -1.18. The number of nitrogens with zero attached hydrogens (tertiary/aromatic N) is 1. The molecule has 31 heavy (non-hydrogen) atoms. The topological polar surface area (TPSA) is 108 Å². The first-order chi connectivity index (χ1) is 14.8. The highest BCUT2D eigenvalue weighted by atomic mass is 16.5. The van der Waals surface area contributed by atoms with Crippen LogP contribution in [0.4, 0.5) is 0 Å². The summed E-state index contributed by atoms with van der Waals surface area (Å²) in [4.78, 5) is 15.5. The van der Waals surface area contributed by atoms with Crippen LogP contribution in [0.2, 0.25) is 0 Å². The summed E-state index contributed by atoms with van der Waals surface area (Å²) in [6.45, 7) is 5.67. The number of piperidine rings is 1. The van der Waals surface area contributed by atoms with E-state index < -0.39 is 17.1 Å². The zero-order valence-electron chi connectivity index (χ0n) is 18.1. The van der Waals surface area contributed by atoms with E-state index >= 15 is 0 Å². The van der Waals surface area contributed by atoms with Crippen molar-refractivity contribution >= 4 is 5.91 Å². The Morgan fingerprint density at radius 2 is 2.16 bits per heavy atom. The summed E-state index contributed by atoms with van der Waals surface area (Å²) < 4.78 is 6.31. The van der Waals surface area contributed by atoms with E-state index in [-0.39, 0.29) is 30.2 Å². The number of aliphatic hydroxyl groups is 1. The van der Waals surface area contributed by atoms with Gasteiger partial charge in [-0.3, -0.25) is 9.69 Å². The average molecular weight is 426 g/mol. The molecule has 3 aliphatic carbocycles. The molecule has 2 fully saturated rings. The fourth-order valence-electron chi connectivity index (χ4n) is 6.78. The Labute approximate surface area is 182 Å². The van der Waals surface area contributed by atoms with Gasteiger partial charge in [-0.25, -0.2) is 0 Å². The third kappa shape index (κ3) is 2.39. The van der Waals surface area contributed by atoms with Crippen LogP contribution < -0.4 is 15.8 Å². The van der Waals surface area contributed by atoms with E-state index in [0.717, 1.165) is 24.2 Å². The predicted molar refractivity (Wildman–Crippen MR) is 115 cm³/mol. The van der Waals surface area contributed by atoms with Gasteiger partial charge in [0.1, 0.15) is 0 Å². The van der Waals surface area contributed by atoms with E-state index in [1.54, 1.807) is 6.07 Å². The van der Waals surface area contributed by atoms with E-state index in [1.807, 2.05) is 19.9 Å². The number of nitrogens with two attached hydrogens (primary N) is 1. The van der Waals surface area contributed by atoms with Gasteiger partial charge in [-0.2, -0.15) is 0 Å². The van der Waals surface area contributed by atoms with Crippen molar-refractivity contribution in [2.75, 3.05) is 13.1 Å². The van der Waals surface area contributed by atoms with Crippen molar-refractivity contribution in [3.63, 3.8) is 0 Å². The molecule has 4 atom stereocenters. The smallest absolute Gasteiger partial charge is 0.249 e. The van der Waals surface area contributed by atoms with Gasteiger partial charge in [-0.15, -0.1) is 0 Å². The largest absolute Gasteiger partial charge is 0.504 e. The van der Waals surface area contributed by atoms with Crippen LogP contribution in [0.25, 0.3) is 0 Å². The first-order valence-electron chi connectivity index (χ1n) is 11.5. The van der Waals surface area contributed by atoms with Gasteiger partial charge in [0.2, 0.25) is 5.91 Å². The summed E-state index contributed by atoms with van der Waals surface area (Å²) in [6.07, 6.45) is 3.44. The molecule has 2 bridgehead atoms. The molecule has 166 valence electrons. The first-order valence-corrected chi connectivity index (χ1v) is 11.5. The molecule has 1 amide bonds. The van der Waals surface area contributed by atoms with Crippen LogP contribution in [0.3, 0.4) is 0 Å². The second-order valence-electron chi connectivity index (χ2n) is 10.5. The number of likely N-dealkylation sites (tertiary alicyclic amines) is 1. The number of hydrogen-bond donors (Lipinski definition) is 4. The highest BCUT2D eigenvalue weighted by molar-refractivity contribution is 5.95. The monoisotopic (exact) mass is 425 g/mol. The number of phenolic OH excluding ortho intramolecular Hbond substituents is 1. The summed E-state index contributed by atoms with van der Waals surface area (Å²) in [5, 5.41) is 26.0. The van der Waals surface area contributed by atoms with Crippen molar-refractivity contribution in [2.24, 2.45) is 11.7 Å². The average Bonchev–Trinajstić information content (AvgIpc) is 3.44. The number of carbonyl (C=O) groups excluding carboxylic acids is 1. The van der Waals surface area contributed by atoms with E-state index in [1.165, 1.54) is 12.8 Å². The van der Waals surface area contributed by atoms with Crippen LogP contribution >= 0.6 is 0 Å². The predicted octanol–water partition coefficient (Wildman–Crippen LogP) is 1.30.